The molecule has 16 heteroatoms. The van der Waals surface area contributed by atoms with Crippen LogP contribution in [-0.2, 0) is 35.6 Å². The first-order valence-corrected chi connectivity index (χ1v) is 21.7. The Morgan fingerprint density at radius 1 is 1.11 bits per heavy atom. The number of nitrogens with zero attached hydrogens (tertiary/aromatic N) is 2. The van der Waals surface area contributed by atoms with E-state index < -0.39 is 74.1 Å². The van der Waals surface area contributed by atoms with Gasteiger partial charge in [0.25, 0.3) is 5.91 Å². The fourth-order valence-electron chi connectivity index (χ4n) is 8.67. The van der Waals surface area contributed by atoms with E-state index in [1.807, 2.05) is 39.8 Å². The van der Waals surface area contributed by atoms with Gasteiger partial charge >= 0.3 is 6.09 Å². The number of aromatic nitrogens is 1. The Kier molecular flexibility index (Phi) is 11.1. The van der Waals surface area contributed by atoms with Crippen LogP contribution < -0.4 is 29.6 Å². The van der Waals surface area contributed by atoms with Crippen molar-refractivity contribution < 1.29 is 46.5 Å². The quantitative estimate of drug-likeness (QED) is 0.306. The Labute approximate surface area is 334 Å². The Morgan fingerprint density at radius 3 is 2.53 bits per heavy atom. The zero-order valence-electron chi connectivity index (χ0n) is 33.4. The van der Waals surface area contributed by atoms with Crippen molar-refractivity contribution in [3.8, 4) is 17.4 Å². The fraction of sp³-hybridized carbons (Fsp3) is 0.634. The predicted molar refractivity (Wildman–Crippen MR) is 210 cm³/mol. The molecule has 57 heavy (non-hydrogen) atoms. The van der Waals surface area contributed by atoms with E-state index in [2.05, 4.69) is 21.9 Å². The van der Waals surface area contributed by atoms with Gasteiger partial charge in [-0.05, 0) is 87.7 Å². The van der Waals surface area contributed by atoms with Gasteiger partial charge in [0.2, 0.25) is 27.7 Å². The molecule has 0 radical (unpaired) electrons. The molecule has 4 amide bonds. The molecule has 3 N–H and O–H groups in total. The molecule has 0 spiro atoms. The molecular formula is C41H55N5O10S. The third kappa shape index (κ3) is 8.37. The van der Waals surface area contributed by atoms with Crippen LogP contribution >= 0.6 is 0 Å². The zero-order valence-corrected chi connectivity index (χ0v) is 34.2. The summed E-state index contributed by atoms with van der Waals surface area (Å²) < 4.78 is 52.1. The lowest BCUT2D eigenvalue weighted by Gasteiger charge is -2.35. The van der Waals surface area contributed by atoms with Crippen molar-refractivity contribution in [3.63, 3.8) is 0 Å². The molecule has 4 fully saturated rings. The van der Waals surface area contributed by atoms with Crippen molar-refractivity contribution in [2.45, 2.75) is 127 Å². The summed E-state index contributed by atoms with van der Waals surface area (Å²) in [7, 11) is -2.30. The molecule has 1 saturated heterocycles. The van der Waals surface area contributed by atoms with Gasteiger partial charge in [-0.25, -0.2) is 18.2 Å². The van der Waals surface area contributed by atoms with Crippen molar-refractivity contribution in [3.05, 3.63) is 36.4 Å². The minimum atomic E-state index is -3.91. The second-order valence-corrected chi connectivity index (χ2v) is 19.2. The number of aryl methyl sites for hydroxylation is 1. The number of amides is 4. The molecular weight excluding hydrogens is 755 g/mol. The summed E-state index contributed by atoms with van der Waals surface area (Å²) in [6.07, 6.45) is 5.77. The number of carbonyl (C=O) groups excluding carboxylic acids is 4. The van der Waals surface area contributed by atoms with E-state index in [0.29, 0.717) is 54.2 Å². The second-order valence-electron chi connectivity index (χ2n) is 17.2. The molecule has 1 aromatic carbocycles. The number of nitrogens with one attached hydrogen (secondary N) is 3. The van der Waals surface area contributed by atoms with Crippen LogP contribution in [0.3, 0.4) is 0 Å². The first-order chi connectivity index (χ1) is 27.1. The lowest BCUT2D eigenvalue weighted by molar-refractivity contribution is -0.143. The molecule has 0 unspecified atom stereocenters. The number of hydrogen-bond donors (Lipinski definition) is 3. The highest BCUT2D eigenvalue weighted by atomic mass is 32.2. The van der Waals surface area contributed by atoms with Crippen molar-refractivity contribution >= 4 is 44.7 Å². The molecule has 15 nitrogen and oxygen atoms in total. The Balaban J connectivity index is 1.27. The van der Waals surface area contributed by atoms with Crippen molar-refractivity contribution in [2.24, 2.45) is 17.3 Å². The van der Waals surface area contributed by atoms with Gasteiger partial charge in [0.05, 0.1) is 31.0 Å². The van der Waals surface area contributed by atoms with Gasteiger partial charge in [0, 0.05) is 29.9 Å². The number of alkyl carbamates (subject to hydrolysis) is 1. The van der Waals surface area contributed by atoms with Crippen molar-refractivity contribution in [1.82, 2.24) is 25.2 Å². The number of hydrogen-bond acceptors (Lipinski definition) is 11. The molecule has 3 saturated carbocycles. The van der Waals surface area contributed by atoms with E-state index in [1.54, 1.807) is 13.2 Å². The summed E-state index contributed by atoms with van der Waals surface area (Å²) in [6, 6.07) is 3.32. The largest absolute Gasteiger partial charge is 0.496 e. The predicted octanol–water partition coefficient (Wildman–Crippen LogP) is 4.31. The number of carbonyl (C=O) groups is 4. The minimum Gasteiger partial charge on any atom is -0.496 e. The number of pyridine rings is 1. The maximum atomic E-state index is 14.8. The number of sulfonamides is 1. The van der Waals surface area contributed by atoms with Crippen LogP contribution in [0.4, 0.5) is 4.79 Å². The van der Waals surface area contributed by atoms with Gasteiger partial charge in [0.1, 0.15) is 41.3 Å². The Bertz CT molecular complexity index is 2050. The first-order valence-electron chi connectivity index (χ1n) is 20.2. The molecule has 3 aliphatic carbocycles. The first kappa shape index (κ1) is 40.6. The molecule has 2 aliphatic heterocycles. The van der Waals surface area contributed by atoms with Gasteiger partial charge in [-0.1, -0.05) is 26.8 Å². The average Bonchev–Trinajstić information content (AvgIpc) is 4.05. The molecule has 3 heterocycles. The van der Waals surface area contributed by atoms with Gasteiger partial charge < -0.3 is 34.5 Å². The van der Waals surface area contributed by atoms with Gasteiger partial charge in [-0.2, -0.15) is 0 Å². The Morgan fingerprint density at radius 2 is 1.86 bits per heavy atom. The third-order valence-corrected chi connectivity index (χ3v) is 13.9. The second kappa shape index (κ2) is 15.6. The SMILES string of the molecule is C=C[C@@H]1C[C@]1(NC(=O)[C@@H]1C[C@@H]2CN1C(=O)[C@H](C(C)(C)C)NC(=O)O[C@H]1CCC[C@@H]1CCCc1cc3c(cc(OCC)nc3cc1OC)O2)C(=O)NS(=O)(=O)C1CC1. The Hall–Kier alpha value is -4.60. The number of fused-ring (bicyclic) bond motifs is 4. The normalized spacial score (nSPS) is 29.2. The smallest absolute Gasteiger partial charge is 0.408 e. The van der Waals surface area contributed by atoms with E-state index in [9.17, 15) is 27.6 Å². The van der Waals surface area contributed by atoms with Crippen LogP contribution in [0, 0.1) is 17.3 Å². The van der Waals surface area contributed by atoms with Crippen LogP contribution in [0.2, 0.25) is 0 Å². The summed E-state index contributed by atoms with van der Waals surface area (Å²) in [5.74, 6) is -0.945. The van der Waals surface area contributed by atoms with E-state index >= 15 is 0 Å². The summed E-state index contributed by atoms with van der Waals surface area (Å²) in [6.45, 7) is 11.4. The van der Waals surface area contributed by atoms with Gasteiger partial charge in [-0.3, -0.25) is 19.1 Å². The molecule has 310 valence electrons. The topological polar surface area (TPSA) is 192 Å². The van der Waals surface area contributed by atoms with Crippen LogP contribution in [0.1, 0.15) is 91.0 Å². The van der Waals surface area contributed by atoms with Crippen molar-refractivity contribution in [1.29, 1.82) is 0 Å². The molecule has 4 bridgehead atoms. The van der Waals surface area contributed by atoms with E-state index in [-0.39, 0.29) is 31.4 Å². The lowest BCUT2D eigenvalue weighted by Crippen LogP contribution is -2.60. The van der Waals surface area contributed by atoms with E-state index in [0.717, 1.165) is 37.7 Å². The summed E-state index contributed by atoms with van der Waals surface area (Å²) in [4.78, 5) is 62.6. The van der Waals surface area contributed by atoms with E-state index in [4.69, 9.17) is 23.9 Å². The highest BCUT2D eigenvalue weighted by molar-refractivity contribution is 7.91. The van der Waals surface area contributed by atoms with Crippen LogP contribution in [-0.4, -0.2) is 97.5 Å². The third-order valence-electron chi connectivity index (χ3n) is 12.1. The molecule has 1 aromatic heterocycles. The minimum absolute atomic E-state index is 0.0241. The van der Waals surface area contributed by atoms with Gasteiger partial charge in [0.15, 0.2) is 0 Å². The lowest BCUT2D eigenvalue weighted by atomic mass is 9.85. The fourth-order valence-corrected chi connectivity index (χ4v) is 10.0. The standard InChI is InChI=1S/C41H55N5O10S/c1-7-25-21-41(25,38(49)45-57(51,52)27-15-16-27)44-36(47)30-18-26-22-46(30)37(48)35(40(3,4)5)43-39(50)56-31-14-10-12-23(31)11-9-13-24-17-28-29(19-32(24)53-6)42-34(54-8-2)20-33(28)55-26/h7,17,19-20,23,25-27,30-31,35H,1,8-16,18,21-22H2,2-6H3,(H,43,50)(H,44,47)(H,45,49)/t23-,25+,26+,30-,31-,35+,41+/m0/s1. The maximum absolute atomic E-state index is 14.8. The highest BCUT2D eigenvalue weighted by Gasteiger charge is 2.62. The summed E-state index contributed by atoms with van der Waals surface area (Å²) >= 11 is 0. The highest BCUT2D eigenvalue weighted by Crippen LogP contribution is 2.46. The number of rotatable bonds is 9. The number of ether oxygens (including phenoxy) is 4. The molecule has 2 aromatic rings. The van der Waals surface area contributed by atoms with E-state index in [1.165, 1.54) is 11.0 Å². The van der Waals surface area contributed by atoms with Gasteiger partial charge in [-0.15, -0.1) is 6.58 Å². The summed E-state index contributed by atoms with van der Waals surface area (Å²) in [5, 5.41) is 5.75. The zero-order chi connectivity index (χ0) is 40.9. The molecule has 7 atom stereocenters. The van der Waals surface area contributed by atoms with Crippen molar-refractivity contribution in [2.75, 3.05) is 20.3 Å². The van der Waals surface area contributed by atoms with Crippen LogP contribution in [0.25, 0.3) is 10.9 Å². The molecule has 5 aliphatic rings. The number of benzene rings is 1. The van der Waals surface area contributed by atoms with Crippen LogP contribution in [0.15, 0.2) is 30.9 Å². The average molecular weight is 810 g/mol. The maximum Gasteiger partial charge on any atom is 0.408 e. The summed E-state index contributed by atoms with van der Waals surface area (Å²) in [5.41, 5.74) is -0.827. The molecule has 7 rings (SSSR count). The monoisotopic (exact) mass is 809 g/mol. The van der Waals surface area contributed by atoms with Crippen LogP contribution in [0.5, 0.6) is 17.4 Å². The number of methoxy groups -OCH3 is 1.